The molecular weight excluding hydrogens is 557 g/mol. The monoisotopic (exact) mass is 580 g/mol. The first-order valence-electron chi connectivity index (χ1n) is 14.6. The third-order valence-corrected chi connectivity index (χ3v) is 9.36. The molecule has 0 atom stereocenters. The van der Waals surface area contributed by atoms with E-state index in [1.54, 1.807) is 11.3 Å². The zero-order chi connectivity index (χ0) is 29.0. The fraction of sp³-hybridized carbons (Fsp3) is 0. The van der Waals surface area contributed by atoms with E-state index in [1.807, 2.05) is 30.3 Å². The second-order valence-corrected chi connectivity index (χ2v) is 11.9. The largest absolute Gasteiger partial charge is 0.309 e. The Bertz CT molecular complexity index is 2480. The Kier molecular flexibility index (Phi) is 5.64. The molecule has 0 fully saturated rings. The molecule has 0 aliphatic heterocycles. The van der Waals surface area contributed by atoms with Gasteiger partial charge in [0.05, 0.1) is 32.5 Å². The highest BCUT2D eigenvalue weighted by Crippen LogP contribution is 2.42. The van der Waals surface area contributed by atoms with Crippen molar-refractivity contribution < 1.29 is 0 Å². The van der Waals surface area contributed by atoms with Crippen LogP contribution in [0.3, 0.4) is 0 Å². The van der Waals surface area contributed by atoms with Crippen LogP contribution in [0.4, 0.5) is 0 Å². The summed E-state index contributed by atoms with van der Waals surface area (Å²) in [5.41, 5.74) is 9.51. The molecule has 206 valence electrons. The molecule has 9 rings (SSSR count). The summed E-state index contributed by atoms with van der Waals surface area (Å²) in [6.07, 6.45) is 0. The summed E-state index contributed by atoms with van der Waals surface area (Å²) in [6.45, 7) is 0. The van der Waals surface area contributed by atoms with Crippen molar-refractivity contribution in [3.05, 3.63) is 146 Å². The maximum atomic E-state index is 5.17. The number of aromatic nitrogens is 4. The summed E-state index contributed by atoms with van der Waals surface area (Å²) in [6, 6.07) is 50.6. The lowest BCUT2D eigenvalue weighted by Gasteiger charge is -2.10. The number of hydrogen-bond acceptors (Lipinski definition) is 4. The van der Waals surface area contributed by atoms with Gasteiger partial charge in [0.25, 0.3) is 0 Å². The summed E-state index contributed by atoms with van der Waals surface area (Å²) in [4.78, 5) is 15.2. The van der Waals surface area contributed by atoms with E-state index in [-0.39, 0.29) is 0 Å². The molecule has 0 bridgehead atoms. The summed E-state index contributed by atoms with van der Waals surface area (Å²) in [7, 11) is 0. The molecule has 3 aromatic heterocycles. The minimum atomic E-state index is 0.725. The molecule has 0 radical (unpaired) electrons. The maximum absolute atomic E-state index is 5.17. The van der Waals surface area contributed by atoms with Crippen molar-refractivity contribution >= 4 is 54.3 Å². The van der Waals surface area contributed by atoms with Gasteiger partial charge in [-0.05, 0) is 42.5 Å². The van der Waals surface area contributed by atoms with Gasteiger partial charge >= 0.3 is 0 Å². The smallest absolute Gasteiger partial charge is 0.160 e. The van der Waals surface area contributed by atoms with Gasteiger partial charge < -0.3 is 4.57 Å². The number of para-hydroxylation sites is 2. The van der Waals surface area contributed by atoms with Crippen LogP contribution in [-0.2, 0) is 0 Å². The zero-order valence-electron chi connectivity index (χ0n) is 23.6. The van der Waals surface area contributed by atoms with Crippen LogP contribution in [-0.4, -0.2) is 19.5 Å². The van der Waals surface area contributed by atoms with Crippen LogP contribution in [0.2, 0.25) is 0 Å². The standard InChI is InChI=1S/C39H24N4S/c1-4-12-25(13-5-1)38-40-31-19-11-10-18-29(31)36(42-38)27-20-22-33-30(24-27)35-34(43(33)28-16-8-3-9-17-28)23-21-32-37(35)44-39(41-32)26-14-6-2-7-15-26/h1-24H. The lowest BCUT2D eigenvalue weighted by Crippen LogP contribution is -1.95. The normalized spacial score (nSPS) is 11.6. The fourth-order valence-electron chi connectivity index (χ4n) is 6.21. The Morgan fingerprint density at radius 1 is 0.477 bits per heavy atom. The van der Waals surface area contributed by atoms with Crippen molar-refractivity contribution in [1.29, 1.82) is 0 Å². The van der Waals surface area contributed by atoms with Gasteiger partial charge in [0, 0.05) is 38.5 Å². The predicted molar refractivity (Wildman–Crippen MR) is 183 cm³/mol. The van der Waals surface area contributed by atoms with Crippen LogP contribution in [0, 0.1) is 0 Å². The molecule has 4 nitrogen and oxygen atoms in total. The fourth-order valence-corrected chi connectivity index (χ4v) is 7.34. The Hall–Kier alpha value is -5.65. The van der Waals surface area contributed by atoms with E-state index in [0.29, 0.717) is 0 Å². The van der Waals surface area contributed by atoms with Crippen molar-refractivity contribution in [3.8, 4) is 38.9 Å². The highest BCUT2D eigenvalue weighted by atomic mass is 32.1. The molecule has 0 spiro atoms. The Morgan fingerprint density at radius 3 is 1.95 bits per heavy atom. The molecule has 0 saturated carbocycles. The van der Waals surface area contributed by atoms with E-state index < -0.39 is 0 Å². The highest BCUT2D eigenvalue weighted by molar-refractivity contribution is 7.22. The van der Waals surface area contributed by atoms with Gasteiger partial charge in [0.1, 0.15) is 5.01 Å². The van der Waals surface area contributed by atoms with Crippen molar-refractivity contribution in [2.24, 2.45) is 0 Å². The maximum Gasteiger partial charge on any atom is 0.160 e. The minimum Gasteiger partial charge on any atom is -0.309 e. The number of nitrogens with zero attached hydrogens (tertiary/aromatic N) is 4. The molecule has 44 heavy (non-hydrogen) atoms. The van der Waals surface area contributed by atoms with Gasteiger partial charge in [-0.1, -0.05) is 103 Å². The third kappa shape index (κ3) is 3.94. The average molecular weight is 581 g/mol. The second kappa shape index (κ2) is 9.97. The van der Waals surface area contributed by atoms with Gasteiger partial charge in [-0.25, -0.2) is 15.0 Å². The molecule has 0 aliphatic carbocycles. The van der Waals surface area contributed by atoms with Crippen molar-refractivity contribution in [2.75, 3.05) is 0 Å². The van der Waals surface area contributed by atoms with Crippen LogP contribution in [0.15, 0.2) is 146 Å². The highest BCUT2D eigenvalue weighted by Gasteiger charge is 2.20. The summed E-state index contributed by atoms with van der Waals surface area (Å²) >= 11 is 1.76. The molecule has 0 N–H and O–H groups in total. The van der Waals surface area contributed by atoms with E-state index in [2.05, 4.69) is 120 Å². The van der Waals surface area contributed by atoms with Crippen LogP contribution in [0.1, 0.15) is 0 Å². The molecule has 0 amide bonds. The second-order valence-electron chi connectivity index (χ2n) is 10.9. The number of fused-ring (bicyclic) bond motifs is 6. The van der Waals surface area contributed by atoms with E-state index in [1.165, 1.54) is 15.5 Å². The van der Waals surface area contributed by atoms with Crippen molar-refractivity contribution in [2.45, 2.75) is 0 Å². The SMILES string of the molecule is c1ccc(-c2nc(-c3ccc4c(c3)c3c5sc(-c6ccccc6)nc5ccc3n4-c3ccccc3)c3ccccc3n2)cc1. The van der Waals surface area contributed by atoms with Gasteiger partial charge in [-0.2, -0.15) is 0 Å². The summed E-state index contributed by atoms with van der Waals surface area (Å²) in [5.74, 6) is 0.725. The van der Waals surface area contributed by atoms with Gasteiger partial charge in [-0.15, -0.1) is 11.3 Å². The first-order chi connectivity index (χ1) is 21.8. The van der Waals surface area contributed by atoms with Gasteiger partial charge in [0.2, 0.25) is 0 Å². The molecular formula is C39H24N4S. The van der Waals surface area contributed by atoms with Crippen LogP contribution >= 0.6 is 11.3 Å². The van der Waals surface area contributed by atoms with Gasteiger partial charge in [-0.3, -0.25) is 0 Å². The van der Waals surface area contributed by atoms with Crippen LogP contribution in [0.25, 0.3) is 81.8 Å². The molecule has 3 heterocycles. The molecule has 0 aliphatic rings. The van der Waals surface area contributed by atoms with E-state index >= 15 is 0 Å². The van der Waals surface area contributed by atoms with E-state index in [4.69, 9.17) is 15.0 Å². The third-order valence-electron chi connectivity index (χ3n) is 8.23. The summed E-state index contributed by atoms with van der Waals surface area (Å²) < 4.78 is 3.55. The first kappa shape index (κ1) is 24.9. The molecule has 6 aromatic carbocycles. The lowest BCUT2D eigenvalue weighted by atomic mass is 10.0. The number of hydrogen-bond donors (Lipinski definition) is 0. The Balaban J connectivity index is 1.36. The summed E-state index contributed by atoms with van der Waals surface area (Å²) in [5, 5.41) is 4.45. The molecule has 9 aromatic rings. The predicted octanol–water partition coefficient (Wildman–Crippen LogP) is 10.3. The minimum absolute atomic E-state index is 0.725. The number of thiazole rings is 1. The lowest BCUT2D eigenvalue weighted by molar-refractivity contribution is 1.18. The van der Waals surface area contributed by atoms with Crippen molar-refractivity contribution in [1.82, 2.24) is 19.5 Å². The Morgan fingerprint density at radius 2 is 1.16 bits per heavy atom. The quantitative estimate of drug-likeness (QED) is 0.208. The number of benzene rings is 6. The average Bonchev–Trinajstić information content (AvgIpc) is 3.68. The van der Waals surface area contributed by atoms with Crippen LogP contribution < -0.4 is 0 Å². The van der Waals surface area contributed by atoms with E-state index in [9.17, 15) is 0 Å². The topological polar surface area (TPSA) is 43.6 Å². The number of rotatable bonds is 4. The first-order valence-corrected chi connectivity index (χ1v) is 15.4. The molecule has 5 heteroatoms. The molecule has 0 saturated heterocycles. The van der Waals surface area contributed by atoms with Crippen molar-refractivity contribution in [3.63, 3.8) is 0 Å². The van der Waals surface area contributed by atoms with Crippen LogP contribution in [0.5, 0.6) is 0 Å². The Labute approximate surface area is 257 Å². The van der Waals surface area contributed by atoms with E-state index in [0.717, 1.165) is 66.4 Å². The zero-order valence-corrected chi connectivity index (χ0v) is 24.4. The molecule has 0 unspecified atom stereocenters. The van der Waals surface area contributed by atoms with Gasteiger partial charge in [0.15, 0.2) is 5.82 Å².